The van der Waals surface area contributed by atoms with Gasteiger partial charge in [0.1, 0.15) is 34.9 Å². The van der Waals surface area contributed by atoms with E-state index in [0.29, 0.717) is 184 Å². The van der Waals surface area contributed by atoms with E-state index in [-0.39, 0.29) is 87.8 Å². The van der Waals surface area contributed by atoms with Gasteiger partial charge in [0.15, 0.2) is 11.6 Å². The number of piperidine rings is 4. The average molecular weight is 1810 g/mol. The van der Waals surface area contributed by atoms with Crippen LogP contribution in [0.2, 0.25) is 0 Å². The van der Waals surface area contributed by atoms with Gasteiger partial charge in [0.2, 0.25) is 47.8 Å². The number of likely N-dealkylation sites (tertiary alicyclic amines) is 2. The number of H-pyrrole nitrogens is 6. The molecule has 6 fully saturated rings. The lowest BCUT2D eigenvalue weighted by Crippen LogP contribution is -2.50. The normalized spacial score (nSPS) is 17.0. The molecule has 6 N–H and O–H groups in total. The van der Waals surface area contributed by atoms with Crippen molar-refractivity contribution in [2.24, 2.45) is 23.7 Å². The topological polar surface area (TPSA) is 343 Å². The molecule has 6 saturated heterocycles. The van der Waals surface area contributed by atoms with Gasteiger partial charge in [0, 0.05) is 251 Å². The number of Topliss-reactive ketones (excluding diaryl/α,β-unsaturated/α-hetero) is 2. The third-order valence-corrected chi connectivity index (χ3v) is 28.7. The number of nitrogens with zero attached hydrogens (tertiary/aromatic N) is 8. The van der Waals surface area contributed by atoms with Gasteiger partial charge in [-0.15, -0.1) is 0 Å². The number of nitrogens with one attached hydrogen (secondary N) is 6. The number of benzene rings is 6. The molecule has 0 saturated carbocycles. The first-order chi connectivity index (χ1) is 60.4. The first-order valence-corrected chi connectivity index (χ1v) is 47.8. The van der Waals surface area contributed by atoms with E-state index in [4.69, 9.17) is 0 Å². The van der Waals surface area contributed by atoms with E-state index in [2.05, 4.69) is 29.9 Å². The zero-order valence-electron chi connectivity index (χ0n) is 71.4. The highest BCUT2D eigenvalue weighted by atomic mass is 32.2. The number of fused-ring (bicyclic) bond motifs is 6. The minimum Gasteiger partial charge on any atom is -0.361 e. The molecule has 27 nitrogen and oxygen atoms in total. The van der Waals surface area contributed by atoms with Crippen molar-refractivity contribution in [2.45, 2.75) is 85.0 Å². The highest BCUT2D eigenvalue weighted by molar-refractivity contribution is 7.88. The summed E-state index contributed by atoms with van der Waals surface area (Å²) in [5, 5.41) is 5.02. The van der Waals surface area contributed by atoms with Gasteiger partial charge < -0.3 is 54.4 Å². The molecule has 0 radical (unpaired) electrons. The summed E-state index contributed by atoms with van der Waals surface area (Å²) in [5.74, 6) is -0.920. The molecule has 0 aliphatic carbocycles. The molecule has 127 heavy (non-hydrogen) atoms. The Hall–Kier alpha value is -11.4. The molecule has 6 aliphatic heterocycles. The monoisotopic (exact) mass is 1810 g/mol. The molecule has 12 heterocycles. The van der Waals surface area contributed by atoms with Crippen molar-refractivity contribution >= 4 is 137 Å². The number of amides is 5. The average Bonchev–Trinajstić information content (AvgIpc) is 1.72. The Labute approximate surface area is 731 Å². The first-order valence-electron chi connectivity index (χ1n) is 42.3. The fourth-order valence-corrected chi connectivity index (χ4v) is 20.0. The van der Waals surface area contributed by atoms with Crippen LogP contribution < -0.4 is 0 Å². The highest BCUT2D eigenvalue weighted by Gasteiger charge is 2.34. The number of hydrogen-bond donors (Lipinski definition) is 6. The van der Waals surface area contributed by atoms with Crippen LogP contribution in [0.25, 0.3) is 65.4 Å². The first kappa shape index (κ1) is 93.2. The number of carbonyl (C=O) groups excluding carboxylic acids is 7. The third kappa shape index (κ3) is 23.1. The van der Waals surface area contributed by atoms with Gasteiger partial charge in [-0.05, 0) is 196 Å². The maximum absolute atomic E-state index is 13.2. The van der Waals surface area contributed by atoms with Crippen molar-refractivity contribution < 1.29 is 85.2 Å². The molecule has 0 unspecified atom stereocenters. The van der Waals surface area contributed by atoms with Gasteiger partial charge in [-0.2, -0.15) is 4.31 Å². The number of rotatable bonds is 13. The number of halogens is 6. The molecule has 6 aromatic heterocycles. The van der Waals surface area contributed by atoms with E-state index in [1.54, 1.807) is 86.8 Å². The van der Waals surface area contributed by atoms with Crippen molar-refractivity contribution in [3.63, 3.8) is 0 Å². The van der Waals surface area contributed by atoms with Crippen LogP contribution >= 0.6 is 0 Å². The van der Waals surface area contributed by atoms with Crippen LogP contribution in [0.4, 0.5) is 26.3 Å². The summed E-state index contributed by atoms with van der Waals surface area (Å²) in [5.41, 5.74) is 8.71. The Balaban J connectivity index is 0.000000130. The van der Waals surface area contributed by atoms with Gasteiger partial charge >= 0.3 is 0 Å². The van der Waals surface area contributed by atoms with Gasteiger partial charge in [0.25, 0.3) is 11.8 Å². The minimum atomic E-state index is -3.22. The quantitative estimate of drug-likeness (QED) is 0.0462. The van der Waals surface area contributed by atoms with E-state index in [1.807, 2.05) is 29.4 Å². The van der Waals surface area contributed by atoms with Gasteiger partial charge in [0.05, 0.1) is 29.9 Å². The van der Waals surface area contributed by atoms with Gasteiger partial charge in [-0.1, -0.05) is 0 Å². The predicted molar refractivity (Wildman–Crippen MR) is 474 cm³/mol. The van der Waals surface area contributed by atoms with Crippen molar-refractivity contribution in [1.82, 2.24) is 67.3 Å². The van der Waals surface area contributed by atoms with Crippen molar-refractivity contribution in [2.75, 3.05) is 123 Å². The van der Waals surface area contributed by atoms with Crippen molar-refractivity contribution in [3.05, 3.63) is 215 Å². The van der Waals surface area contributed by atoms with E-state index in [1.165, 1.54) is 118 Å². The molecule has 0 spiro atoms. The molecule has 6 aliphatic rings. The molecule has 6 aromatic carbocycles. The number of piperazine rings is 2. The summed E-state index contributed by atoms with van der Waals surface area (Å²) >= 11 is 0. The van der Waals surface area contributed by atoms with Gasteiger partial charge in [-0.3, -0.25) is 33.6 Å². The molecule has 0 bridgehead atoms. The standard InChI is InChI=1S/C16H17FN2O2.C16H19FN2O.C15H16FN3O2.C15H17FN2O3S.C15H19FN2O2S.C14H16FN3O3S/c1-10(20)19-6-4-11(5-7-19)16(21)14-9-18-15-8-12(17)2-3-13(14)15;1-11(20)19-6-4-12(5-7-19)8-13-10-18-16-9-14(17)2-3-15(13)16;1-10(20)18-4-6-19(7-5-18)15(21)13-9-17-14-8-11(16)2-3-12(13)14;1-22(20,21)18-6-4-10(5-7-18)15(19)13-9-17-14-8-11(16)2-3-12(13)14;1-21(19,20)18-6-4-11(5-7-18)8-12-10-17-15-9-13(16)2-3-14(12)15;1-22(20,21)18-6-4-17(5-7-18)14(19)12-9-16-13-8-10(15)2-3-11(12)13/h2-3,8-9,11,18H,4-7H2,1H3;2-3,9-10,12,18H,4-8H2,1H3;2-3,8-9,17H,4-7H2,1H3;2-3,8-10,17H,4-7H2,1H3;2-3,9-11,17H,4-8H2,1H3;2-3,8-9,16H,4-7H2,1H3. The SMILES string of the molecule is CC(=O)N1CCC(C(=O)c2c[nH]c3cc(F)ccc23)CC1.CC(=O)N1CCC(Cc2c[nH]c3cc(F)ccc23)CC1.CC(=O)N1CCN(C(=O)c2c[nH]c3cc(F)ccc23)CC1.CS(=O)(=O)N1CCC(C(=O)c2c[nH]c3cc(F)ccc23)CC1.CS(=O)(=O)N1CCC(Cc2c[nH]c3cc(F)ccc23)CC1.CS(=O)(=O)N1CCN(C(=O)c2c[nH]c3cc(F)ccc23)CC1. The summed E-state index contributed by atoms with van der Waals surface area (Å²) in [6.07, 6.45) is 22.1. The van der Waals surface area contributed by atoms with E-state index < -0.39 is 30.1 Å². The maximum Gasteiger partial charge on any atom is 0.256 e. The number of sulfonamides is 3. The highest BCUT2D eigenvalue weighted by Crippen LogP contribution is 2.34. The maximum atomic E-state index is 13.2. The number of hydrogen-bond acceptors (Lipinski definition) is 13. The molecule has 18 rings (SSSR count). The number of carbonyl (C=O) groups is 7. The van der Waals surface area contributed by atoms with E-state index in [0.717, 1.165) is 84.2 Å². The Morgan fingerprint density at radius 1 is 0.291 bits per heavy atom. The summed E-state index contributed by atoms with van der Waals surface area (Å²) in [6, 6.07) is 26.9. The van der Waals surface area contributed by atoms with Crippen LogP contribution in [-0.2, 0) is 57.3 Å². The molecule has 5 amide bonds. The fraction of sp³-hybridized carbons (Fsp3) is 0.396. The van der Waals surface area contributed by atoms with Crippen LogP contribution in [0.15, 0.2) is 146 Å². The number of aromatic amines is 6. The fourth-order valence-electron chi connectivity index (χ4n) is 17.5. The smallest absolute Gasteiger partial charge is 0.256 e. The summed E-state index contributed by atoms with van der Waals surface area (Å²) in [4.78, 5) is 111. The van der Waals surface area contributed by atoms with E-state index >= 15 is 0 Å². The molecule has 0 atom stereocenters. The van der Waals surface area contributed by atoms with E-state index in [9.17, 15) is 85.2 Å². The minimum absolute atomic E-state index is 0.00832. The van der Waals surface area contributed by atoms with Crippen molar-refractivity contribution in [3.8, 4) is 0 Å². The second kappa shape index (κ2) is 40.3. The van der Waals surface area contributed by atoms with Crippen LogP contribution in [-0.4, -0.2) is 257 Å². The molecule has 676 valence electrons. The Morgan fingerprint density at radius 2 is 0.520 bits per heavy atom. The predicted octanol–water partition coefficient (Wildman–Crippen LogP) is 13.2. The van der Waals surface area contributed by atoms with Crippen LogP contribution in [0, 0.1) is 58.6 Å². The molecular weight excluding hydrogens is 1710 g/mol. The van der Waals surface area contributed by atoms with Crippen LogP contribution in [0.3, 0.4) is 0 Å². The lowest BCUT2D eigenvalue weighted by atomic mass is 9.88. The lowest BCUT2D eigenvalue weighted by Gasteiger charge is -2.34. The Morgan fingerprint density at radius 3 is 0.835 bits per heavy atom. The summed E-state index contributed by atoms with van der Waals surface area (Å²) in [6.45, 7) is 13.0. The zero-order valence-corrected chi connectivity index (χ0v) is 73.9. The number of aromatic nitrogens is 6. The number of ketones is 2. The summed E-state index contributed by atoms with van der Waals surface area (Å²) < 4.78 is 152. The second-order valence-corrected chi connectivity index (χ2v) is 39.2. The molecule has 36 heteroatoms. The van der Waals surface area contributed by atoms with Crippen LogP contribution in [0.1, 0.15) is 125 Å². The van der Waals surface area contributed by atoms with Crippen molar-refractivity contribution in [1.29, 1.82) is 0 Å². The third-order valence-electron chi connectivity index (χ3n) is 24.8. The molecular formula is C91H104F6N14O13S3. The molecule has 12 aromatic rings. The van der Waals surface area contributed by atoms with Gasteiger partial charge in [-0.25, -0.2) is 60.2 Å². The zero-order chi connectivity index (χ0) is 90.9. The van der Waals surface area contributed by atoms with Crippen LogP contribution in [0.5, 0.6) is 0 Å². The summed E-state index contributed by atoms with van der Waals surface area (Å²) in [7, 11) is -9.48. The largest absolute Gasteiger partial charge is 0.361 e. The Kier molecular flexibility index (Phi) is 29.5. The second-order valence-electron chi connectivity index (χ2n) is 33.2. The Bertz CT molecular complexity index is 6140. The lowest BCUT2D eigenvalue weighted by molar-refractivity contribution is -0.131.